The van der Waals surface area contributed by atoms with E-state index in [-0.39, 0.29) is 6.61 Å². The number of unbranched alkanes of at least 4 members (excludes halogenated alkanes) is 2. The molecule has 0 aliphatic carbocycles. The summed E-state index contributed by atoms with van der Waals surface area (Å²) < 4.78 is 5.35. The summed E-state index contributed by atoms with van der Waals surface area (Å²) in [6.07, 6.45) is 4.32. The van der Waals surface area contributed by atoms with Crippen molar-refractivity contribution in [3.8, 4) is 0 Å². The number of aliphatic hydroxyl groups excluding tert-OH is 2. The van der Waals surface area contributed by atoms with E-state index < -0.39 is 6.10 Å². The van der Waals surface area contributed by atoms with E-state index in [1.807, 2.05) is 0 Å². The van der Waals surface area contributed by atoms with Crippen molar-refractivity contribution in [2.24, 2.45) is 0 Å². The molecule has 0 aromatic rings. The third-order valence-corrected chi connectivity index (χ3v) is 1.93. The molecule has 0 aliphatic heterocycles. The van der Waals surface area contributed by atoms with E-state index in [1.165, 1.54) is 6.42 Å². The maximum Gasteiger partial charge on any atom is 0.0771 e. The molecule has 0 amide bonds. The molecule has 1 atom stereocenters. The highest BCUT2D eigenvalue weighted by molar-refractivity contribution is 4.52. The first-order valence-electron chi connectivity index (χ1n) is 5.18. The molecule has 2 N–H and O–H groups in total. The molecule has 0 aromatic carbocycles. The molecule has 0 saturated carbocycles. The minimum atomic E-state index is -0.546. The van der Waals surface area contributed by atoms with Crippen LogP contribution in [0.15, 0.2) is 0 Å². The maximum atomic E-state index is 9.01. The standard InChI is InChI=1S/C10H22O3/c1-2-3-7-13-8-5-4-6-10(12)9-11/h10-12H,2-9H2,1H3. The molecule has 0 bridgehead atoms. The predicted molar refractivity (Wildman–Crippen MR) is 52.7 cm³/mol. The van der Waals surface area contributed by atoms with Gasteiger partial charge in [-0.2, -0.15) is 0 Å². The zero-order valence-corrected chi connectivity index (χ0v) is 8.54. The predicted octanol–water partition coefficient (Wildman–Crippen LogP) is 1.33. The van der Waals surface area contributed by atoms with Crippen LogP contribution in [-0.4, -0.2) is 36.1 Å². The van der Waals surface area contributed by atoms with Crippen molar-refractivity contribution in [2.45, 2.75) is 45.1 Å². The number of hydrogen-bond acceptors (Lipinski definition) is 3. The van der Waals surface area contributed by atoms with Crippen LogP contribution in [-0.2, 0) is 4.74 Å². The Morgan fingerprint density at radius 2 is 1.85 bits per heavy atom. The Kier molecular flexibility index (Phi) is 9.87. The van der Waals surface area contributed by atoms with Crippen LogP contribution in [0.1, 0.15) is 39.0 Å². The Bertz CT molecular complexity index is 96.2. The molecule has 80 valence electrons. The highest BCUT2D eigenvalue weighted by Gasteiger charge is 2.00. The lowest BCUT2D eigenvalue weighted by Crippen LogP contribution is -2.11. The average Bonchev–Trinajstić information content (AvgIpc) is 2.16. The van der Waals surface area contributed by atoms with Crippen LogP contribution in [0.5, 0.6) is 0 Å². The van der Waals surface area contributed by atoms with Crippen LogP contribution in [0, 0.1) is 0 Å². The summed E-state index contributed by atoms with van der Waals surface area (Å²) in [5.74, 6) is 0. The topological polar surface area (TPSA) is 49.7 Å². The Morgan fingerprint density at radius 3 is 2.46 bits per heavy atom. The van der Waals surface area contributed by atoms with E-state index in [1.54, 1.807) is 0 Å². The SMILES string of the molecule is CCCCOCCCCC(O)CO. The fraction of sp³-hybridized carbons (Fsp3) is 1.00. The van der Waals surface area contributed by atoms with E-state index in [4.69, 9.17) is 14.9 Å². The van der Waals surface area contributed by atoms with E-state index in [0.29, 0.717) is 6.42 Å². The Morgan fingerprint density at radius 1 is 1.15 bits per heavy atom. The van der Waals surface area contributed by atoms with Crippen molar-refractivity contribution >= 4 is 0 Å². The third-order valence-electron chi connectivity index (χ3n) is 1.93. The fourth-order valence-corrected chi connectivity index (χ4v) is 1.02. The van der Waals surface area contributed by atoms with E-state index in [9.17, 15) is 0 Å². The van der Waals surface area contributed by atoms with Gasteiger partial charge in [0.05, 0.1) is 12.7 Å². The molecule has 0 radical (unpaired) electrons. The van der Waals surface area contributed by atoms with Gasteiger partial charge < -0.3 is 14.9 Å². The first-order chi connectivity index (χ1) is 6.31. The van der Waals surface area contributed by atoms with Gasteiger partial charge in [0.25, 0.3) is 0 Å². The summed E-state index contributed by atoms with van der Waals surface area (Å²) in [7, 11) is 0. The highest BCUT2D eigenvalue weighted by atomic mass is 16.5. The summed E-state index contributed by atoms with van der Waals surface area (Å²) in [5, 5.41) is 17.5. The van der Waals surface area contributed by atoms with Crippen LogP contribution in [0.3, 0.4) is 0 Å². The minimum absolute atomic E-state index is 0.128. The van der Waals surface area contributed by atoms with Gasteiger partial charge in [-0.15, -0.1) is 0 Å². The largest absolute Gasteiger partial charge is 0.394 e. The zero-order valence-electron chi connectivity index (χ0n) is 8.54. The minimum Gasteiger partial charge on any atom is -0.394 e. The molecule has 0 saturated heterocycles. The Balaban J connectivity index is 2.91. The van der Waals surface area contributed by atoms with Gasteiger partial charge >= 0.3 is 0 Å². The molecule has 0 aliphatic rings. The second-order valence-electron chi connectivity index (χ2n) is 3.30. The lowest BCUT2D eigenvalue weighted by molar-refractivity contribution is 0.0801. The third kappa shape index (κ3) is 9.80. The van der Waals surface area contributed by atoms with Crippen LogP contribution in [0.25, 0.3) is 0 Å². The van der Waals surface area contributed by atoms with Gasteiger partial charge in [0, 0.05) is 13.2 Å². The van der Waals surface area contributed by atoms with Crippen molar-refractivity contribution in [2.75, 3.05) is 19.8 Å². The summed E-state index contributed by atoms with van der Waals surface area (Å²) in [4.78, 5) is 0. The first kappa shape index (κ1) is 12.9. The number of aliphatic hydroxyl groups is 2. The Labute approximate surface area is 80.7 Å². The lowest BCUT2D eigenvalue weighted by atomic mass is 10.2. The number of ether oxygens (including phenoxy) is 1. The number of rotatable bonds is 9. The van der Waals surface area contributed by atoms with Crippen LogP contribution < -0.4 is 0 Å². The molecule has 1 unspecified atom stereocenters. The normalized spacial score (nSPS) is 13.2. The summed E-state index contributed by atoms with van der Waals surface area (Å²) in [6.45, 7) is 3.63. The van der Waals surface area contributed by atoms with Gasteiger partial charge in [-0.1, -0.05) is 13.3 Å². The molecule has 13 heavy (non-hydrogen) atoms. The summed E-state index contributed by atoms with van der Waals surface area (Å²) in [5.41, 5.74) is 0. The van der Waals surface area contributed by atoms with Crippen LogP contribution in [0.4, 0.5) is 0 Å². The quantitative estimate of drug-likeness (QED) is 0.539. The van der Waals surface area contributed by atoms with Gasteiger partial charge in [-0.05, 0) is 25.7 Å². The fourth-order valence-electron chi connectivity index (χ4n) is 1.02. The maximum absolute atomic E-state index is 9.01. The van der Waals surface area contributed by atoms with E-state index >= 15 is 0 Å². The molecule has 0 fully saturated rings. The van der Waals surface area contributed by atoms with Crippen molar-refractivity contribution < 1.29 is 14.9 Å². The summed E-state index contributed by atoms with van der Waals surface area (Å²) >= 11 is 0. The molecular formula is C10H22O3. The van der Waals surface area contributed by atoms with Gasteiger partial charge in [0.2, 0.25) is 0 Å². The summed E-state index contributed by atoms with van der Waals surface area (Å²) in [6, 6.07) is 0. The highest BCUT2D eigenvalue weighted by Crippen LogP contribution is 2.00. The molecule has 0 rings (SSSR count). The second kappa shape index (κ2) is 9.96. The lowest BCUT2D eigenvalue weighted by Gasteiger charge is -2.06. The zero-order chi connectivity index (χ0) is 9.94. The average molecular weight is 190 g/mol. The van der Waals surface area contributed by atoms with E-state index in [0.717, 1.165) is 32.5 Å². The van der Waals surface area contributed by atoms with Gasteiger partial charge in [-0.3, -0.25) is 0 Å². The van der Waals surface area contributed by atoms with Crippen molar-refractivity contribution in [3.63, 3.8) is 0 Å². The second-order valence-corrected chi connectivity index (χ2v) is 3.30. The van der Waals surface area contributed by atoms with Crippen molar-refractivity contribution in [3.05, 3.63) is 0 Å². The van der Waals surface area contributed by atoms with Crippen LogP contribution in [0.2, 0.25) is 0 Å². The van der Waals surface area contributed by atoms with Crippen LogP contribution >= 0.6 is 0 Å². The number of hydrogen-bond donors (Lipinski definition) is 2. The van der Waals surface area contributed by atoms with Gasteiger partial charge in [0.1, 0.15) is 0 Å². The molecule has 0 aromatic heterocycles. The van der Waals surface area contributed by atoms with Gasteiger partial charge in [0.15, 0.2) is 0 Å². The molecule has 0 spiro atoms. The molecule has 3 nitrogen and oxygen atoms in total. The Hall–Kier alpha value is -0.120. The monoisotopic (exact) mass is 190 g/mol. The smallest absolute Gasteiger partial charge is 0.0771 e. The van der Waals surface area contributed by atoms with Crippen molar-refractivity contribution in [1.82, 2.24) is 0 Å². The molecular weight excluding hydrogens is 168 g/mol. The first-order valence-corrected chi connectivity index (χ1v) is 5.18. The molecule has 0 heterocycles. The van der Waals surface area contributed by atoms with E-state index in [2.05, 4.69) is 6.92 Å². The molecule has 3 heteroatoms. The van der Waals surface area contributed by atoms with Gasteiger partial charge in [-0.25, -0.2) is 0 Å². The van der Waals surface area contributed by atoms with Crippen molar-refractivity contribution in [1.29, 1.82) is 0 Å².